The molecule has 0 aliphatic rings. The molecule has 1 unspecified atom stereocenters. The maximum Gasteiger partial charge on any atom is 0.153 e. The van der Waals surface area contributed by atoms with E-state index < -0.39 is 5.60 Å². The number of halogens is 1. The third kappa shape index (κ3) is 2.14. The second kappa shape index (κ2) is 4.92. The van der Waals surface area contributed by atoms with Gasteiger partial charge >= 0.3 is 0 Å². The number of benzene rings is 1. The van der Waals surface area contributed by atoms with E-state index in [0.717, 1.165) is 5.39 Å². The molecule has 98 valence electrons. The normalized spacial score (nSPS) is 15.2. The lowest BCUT2D eigenvalue weighted by atomic mass is 9.88. The summed E-state index contributed by atoms with van der Waals surface area (Å²) in [5.41, 5.74) is -0.541. The van der Waals surface area contributed by atoms with Crippen LogP contribution in [0.4, 0.5) is 0 Å². The summed E-state index contributed by atoms with van der Waals surface area (Å²) in [6.45, 7) is 4.03. The Morgan fingerprint density at radius 2 is 2.17 bits per heavy atom. The van der Waals surface area contributed by atoms with Gasteiger partial charge in [0.15, 0.2) is 5.58 Å². The number of methoxy groups -OCH3 is 1. The molecule has 0 amide bonds. The molecule has 1 aromatic heterocycles. The molecule has 2 aromatic rings. The van der Waals surface area contributed by atoms with Gasteiger partial charge in [0.05, 0.1) is 11.6 Å². The van der Waals surface area contributed by atoms with Gasteiger partial charge in [0.1, 0.15) is 11.4 Å². The smallest absolute Gasteiger partial charge is 0.153 e. The van der Waals surface area contributed by atoms with E-state index in [0.29, 0.717) is 16.4 Å². The number of para-hydroxylation sites is 1. The van der Waals surface area contributed by atoms with E-state index in [4.69, 9.17) is 20.8 Å². The van der Waals surface area contributed by atoms with E-state index in [1.807, 2.05) is 32.0 Å². The number of furan rings is 1. The molecule has 2 rings (SSSR count). The van der Waals surface area contributed by atoms with Gasteiger partial charge in [-0.2, -0.15) is 0 Å². The predicted octanol–water partition coefficient (Wildman–Crippen LogP) is 3.58. The number of fused-ring (bicyclic) bond motifs is 1. The van der Waals surface area contributed by atoms with Gasteiger partial charge in [0, 0.05) is 12.5 Å². The SMILES string of the molecule is COCC(O)(c1cc2cccc(Cl)c2o1)C(C)C. The molecule has 0 fully saturated rings. The summed E-state index contributed by atoms with van der Waals surface area (Å²) in [5, 5.41) is 12.1. The molecule has 18 heavy (non-hydrogen) atoms. The predicted molar refractivity (Wildman–Crippen MR) is 71.8 cm³/mol. The highest BCUT2D eigenvalue weighted by Gasteiger charge is 2.37. The van der Waals surface area contributed by atoms with E-state index in [2.05, 4.69) is 0 Å². The van der Waals surface area contributed by atoms with Crippen LogP contribution in [0.5, 0.6) is 0 Å². The van der Waals surface area contributed by atoms with E-state index in [1.54, 1.807) is 13.2 Å². The van der Waals surface area contributed by atoms with Crippen LogP contribution in [0.1, 0.15) is 19.6 Å². The Bertz CT molecular complexity index is 547. The number of rotatable bonds is 4. The zero-order valence-corrected chi connectivity index (χ0v) is 11.5. The summed E-state index contributed by atoms with van der Waals surface area (Å²) in [6, 6.07) is 7.35. The molecule has 1 atom stereocenters. The highest BCUT2D eigenvalue weighted by molar-refractivity contribution is 6.34. The Kier molecular flexibility index (Phi) is 3.66. The number of aliphatic hydroxyl groups is 1. The van der Waals surface area contributed by atoms with Crippen LogP contribution in [0.3, 0.4) is 0 Å². The molecule has 0 radical (unpaired) electrons. The van der Waals surface area contributed by atoms with Gasteiger partial charge in [-0.3, -0.25) is 0 Å². The first-order chi connectivity index (χ1) is 8.49. The molecule has 1 N–H and O–H groups in total. The molecule has 0 bridgehead atoms. The zero-order chi connectivity index (χ0) is 13.3. The molecule has 1 heterocycles. The van der Waals surface area contributed by atoms with Crippen molar-refractivity contribution in [2.45, 2.75) is 19.4 Å². The minimum atomic E-state index is -1.14. The fourth-order valence-corrected chi connectivity index (χ4v) is 2.20. The average Bonchev–Trinajstić information content (AvgIpc) is 2.74. The lowest BCUT2D eigenvalue weighted by Gasteiger charge is -2.29. The second-order valence-corrected chi connectivity index (χ2v) is 5.19. The van der Waals surface area contributed by atoms with Gasteiger partial charge in [0.2, 0.25) is 0 Å². The molecule has 1 aromatic carbocycles. The van der Waals surface area contributed by atoms with Crippen molar-refractivity contribution in [3.8, 4) is 0 Å². The van der Waals surface area contributed by atoms with Gasteiger partial charge in [-0.05, 0) is 18.1 Å². The van der Waals surface area contributed by atoms with Crippen LogP contribution < -0.4 is 0 Å². The third-order valence-corrected chi connectivity index (χ3v) is 3.54. The molecule has 0 saturated carbocycles. The zero-order valence-electron chi connectivity index (χ0n) is 10.7. The molecule has 0 aliphatic heterocycles. The van der Waals surface area contributed by atoms with Gasteiger partial charge in [-0.15, -0.1) is 0 Å². The number of hydrogen-bond acceptors (Lipinski definition) is 3. The fraction of sp³-hybridized carbons (Fsp3) is 0.429. The standard InChI is InChI=1S/C14H17ClO3/c1-9(2)14(16,8-17-3)12-7-10-5-4-6-11(15)13(10)18-12/h4-7,9,16H,8H2,1-3H3. The summed E-state index contributed by atoms with van der Waals surface area (Å²) in [4.78, 5) is 0. The van der Waals surface area contributed by atoms with Crippen molar-refractivity contribution >= 4 is 22.6 Å². The Morgan fingerprint density at radius 3 is 2.72 bits per heavy atom. The van der Waals surface area contributed by atoms with Crippen molar-refractivity contribution in [2.24, 2.45) is 5.92 Å². The average molecular weight is 269 g/mol. The Morgan fingerprint density at radius 1 is 1.44 bits per heavy atom. The molecule has 3 nitrogen and oxygen atoms in total. The van der Waals surface area contributed by atoms with Gasteiger partial charge < -0.3 is 14.3 Å². The van der Waals surface area contributed by atoms with E-state index in [9.17, 15) is 5.11 Å². The van der Waals surface area contributed by atoms with Crippen LogP contribution in [0, 0.1) is 5.92 Å². The van der Waals surface area contributed by atoms with E-state index >= 15 is 0 Å². The quantitative estimate of drug-likeness (QED) is 0.922. The van der Waals surface area contributed by atoms with Crippen molar-refractivity contribution < 1.29 is 14.3 Å². The van der Waals surface area contributed by atoms with Gasteiger partial charge in [-0.1, -0.05) is 37.6 Å². The Labute approximate surface area is 111 Å². The maximum absolute atomic E-state index is 10.7. The van der Waals surface area contributed by atoms with E-state index in [-0.39, 0.29) is 12.5 Å². The lowest BCUT2D eigenvalue weighted by molar-refractivity contribution is -0.0833. The van der Waals surface area contributed by atoms with Crippen molar-refractivity contribution in [3.63, 3.8) is 0 Å². The van der Waals surface area contributed by atoms with Crippen LogP contribution in [0.25, 0.3) is 11.0 Å². The number of hydrogen-bond donors (Lipinski definition) is 1. The Balaban J connectivity index is 2.55. The first-order valence-corrected chi connectivity index (χ1v) is 6.26. The second-order valence-electron chi connectivity index (χ2n) is 4.78. The van der Waals surface area contributed by atoms with E-state index in [1.165, 1.54) is 0 Å². The van der Waals surface area contributed by atoms with Crippen LogP contribution in [0.15, 0.2) is 28.7 Å². The fourth-order valence-electron chi connectivity index (χ4n) is 1.98. The minimum absolute atomic E-state index is 0.0308. The van der Waals surface area contributed by atoms with Crippen molar-refractivity contribution in [1.82, 2.24) is 0 Å². The number of ether oxygens (including phenoxy) is 1. The molecule has 0 aliphatic carbocycles. The minimum Gasteiger partial charge on any atom is -0.456 e. The molecular weight excluding hydrogens is 252 g/mol. The largest absolute Gasteiger partial charge is 0.456 e. The monoisotopic (exact) mass is 268 g/mol. The van der Waals surface area contributed by atoms with Gasteiger partial charge in [-0.25, -0.2) is 0 Å². The van der Waals surface area contributed by atoms with Crippen LogP contribution in [0.2, 0.25) is 5.02 Å². The lowest BCUT2D eigenvalue weighted by Crippen LogP contribution is -2.36. The summed E-state index contributed by atoms with van der Waals surface area (Å²) in [5.74, 6) is 0.458. The summed E-state index contributed by atoms with van der Waals surface area (Å²) in [7, 11) is 1.56. The highest BCUT2D eigenvalue weighted by Crippen LogP contribution is 2.36. The maximum atomic E-state index is 10.7. The van der Waals surface area contributed by atoms with Crippen LogP contribution in [-0.4, -0.2) is 18.8 Å². The van der Waals surface area contributed by atoms with Gasteiger partial charge in [0.25, 0.3) is 0 Å². The molecule has 4 heteroatoms. The molecule has 0 spiro atoms. The van der Waals surface area contributed by atoms with Crippen LogP contribution in [-0.2, 0) is 10.3 Å². The summed E-state index contributed by atoms with van der Waals surface area (Å²) >= 11 is 6.07. The summed E-state index contributed by atoms with van der Waals surface area (Å²) in [6.07, 6.45) is 0. The third-order valence-electron chi connectivity index (χ3n) is 3.24. The highest BCUT2D eigenvalue weighted by atomic mass is 35.5. The summed E-state index contributed by atoms with van der Waals surface area (Å²) < 4.78 is 10.8. The molecule has 0 saturated heterocycles. The topological polar surface area (TPSA) is 42.6 Å². The molecular formula is C14H17ClO3. The van der Waals surface area contributed by atoms with Crippen molar-refractivity contribution in [1.29, 1.82) is 0 Å². The Hall–Kier alpha value is -1.03. The van der Waals surface area contributed by atoms with Crippen molar-refractivity contribution in [2.75, 3.05) is 13.7 Å². The first-order valence-electron chi connectivity index (χ1n) is 5.89. The van der Waals surface area contributed by atoms with Crippen molar-refractivity contribution in [3.05, 3.63) is 35.0 Å². The van der Waals surface area contributed by atoms with Crippen LogP contribution >= 0.6 is 11.6 Å². The first kappa shape index (κ1) is 13.4.